The van der Waals surface area contributed by atoms with Crippen LogP contribution in [0.4, 0.5) is 5.69 Å². The smallest absolute Gasteiger partial charge is 0.268 e. The summed E-state index contributed by atoms with van der Waals surface area (Å²) in [5, 5.41) is 4.74. The molecule has 0 bridgehead atoms. The van der Waals surface area contributed by atoms with Gasteiger partial charge in [0.25, 0.3) is 10.0 Å². The Morgan fingerprint density at radius 1 is 1.08 bits per heavy atom. The van der Waals surface area contributed by atoms with Crippen molar-refractivity contribution < 1.29 is 8.42 Å². The van der Waals surface area contributed by atoms with E-state index in [1.165, 1.54) is 10.0 Å². The highest BCUT2D eigenvalue weighted by Gasteiger charge is 2.23. The van der Waals surface area contributed by atoms with Crippen LogP contribution in [0.3, 0.4) is 0 Å². The van der Waals surface area contributed by atoms with E-state index in [1.54, 1.807) is 24.4 Å². The summed E-state index contributed by atoms with van der Waals surface area (Å²) in [5.74, 6) is 0. The fraction of sp³-hybridized carbons (Fsp3) is 0.263. The van der Waals surface area contributed by atoms with Gasteiger partial charge in [0, 0.05) is 48.5 Å². The minimum absolute atomic E-state index is 0.189. The lowest BCUT2D eigenvalue weighted by Gasteiger charge is -2.30. The molecule has 3 aromatic rings. The highest BCUT2D eigenvalue weighted by atomic mass is 35.5. The monoisotopic (exact) mass is 389 g/mol. The predicted molar refractivity (Wildman–Crippen MR) is 106 cm³/mol. The van der Waals surface area contributed by atoms with Crippen LogP contribution in [-0.4, -0.2) is 38.6 Å². The summed E-state index contributed by atoms with van der Waals surface area (Å²) in [6.07, 6.45) is 1.70. The number of aromatic nitrogens is 1. The first-order chi connectivity index (χ1) is 12.5. The van der Waals surface area contributed by atoms with Crippen LogP contribution in [0, 0.1) is 6.92 Å². The van der Waals surface area contributed by atoms with Crippen LogP contribution < -0.4 is 10.2 Å². The minimum atomic E-state index is -3.71. The zero-order valence-corrected chi connectivity index (χ0v) is 16.0. The van der Waals surface area contributed by atoms with E-state index in [-0.39, 0.29) is 4.90 Å². The molecule has 1 aliphatic rings. The fourth-order valence-electron chi connectivity index (χ4n) is 3.54. The topological polar surface area (TPSA) is 54.3 Å². The molecule has 0 atom stereocenters. The molecule has 1 fully saturated rings. The first kappa shape index (κ1) is 17.4. The SMILES string of the molecule is Cc1cn(S(=O)(=O)c2cccc(Cl)c2)c2cccc(N3CCNCC3)c12. The fourth-order valence-corrected chi connectivity index (χ4v) is 5.25. The number of nitrogens with one attached hydrogen (secondary N) is 1. The van der Waals surface area contributed by atoms with Crippen LogP contribution >= 0.6 is 11.6 Å². The number of rotatable bonds is 3. The summed E-state index contributed by atoms with van der Waals surface area (Å²) >= 11 is 6.00. The molecular formula is C19H20ClN3O2S. The van der Waals surface area contributed by atoms with Gasteiger partial charge in [-0.25, -0.2) is 12.4 Å². The Morgan fingerprint density at radius 3 is 2.54 bits per heavy atom. The molecule has 5 nitrogen and oxygen atoms in total. The summed E-state index contributed by atoms with van der Waals surface area (Å²) in [5.41, 5.74) is 2.72. The molecule has 0 unspecified atom stereocenters. The lowest BCUT2D eigenvalue weighted by molar-refractivity contribution is 0.588. The lowest BCUT2D eigenvalue weighted by atomic mass is 10.1. The molecule has 1 saturated heterocycles. The third-order valence-electron chi connectivity index (χ3n) is 4.77. The van der Waals surface area contributed by atoms with Gasteiger partial charge in [-0.05, 0) is 42.8 Å². The molecule has 1 N–H and O–H groups in total. The predicted octanol–water partition coefficient (Wildman–Crippen LogP) is 3.25. The molecule has 7 heteroatoms. The van der Waals surface area contributed by atoms with Crippen molar-refractivity contribution in [2.75, 3.05) is 31.1 Å². The quantitative estimate of drug-likeness (QED) is 0.747. The molecule has 4 rings (SSSR count). The first-order valence-corrected chi connectivity index (χ1v) is 10.4. The highest BCUT2D eigenvalue weighted by Crippen LogP contribution is 2.33. The van der Waals surface area contributed by atoms with Crippen LogP contribution in [-0.2, 0) is 10.0 Å². The van der Waals surface area contributed by atoms with Crippen LogP contribution in [0.5, 0.6) is 0 Å². The molecule has 136 valence electrons. The van der Waals surface area contributed by atoms with E-state index in [4.69, 9.17) is 11.6 Å². The number of fused-ring (bicyclic) bond motifs is 1. The number of piperazine rings is 1. The molecule has 0 amide bonds. The zero-order chi connectivity index (χ0) is 18.3. The second-order valence-corrected chi connectivity index (χ2v) is 8.73. The van der Waals surface area contributed by atoms with E-state index in [2.05, 4.69) is 16.3 Å². The van der Waals surface area contributed by atoms with Crippen molar-refractivity contribution in [3.8, 4) is 0 Å². The van der Waals surface area contributed by atoms with Gasteiger partial charge in [0.2, 0.25) is 0 Å². The Morgan fingerprint density at radius 2 is 1.81 bits per heavy atom. The first-order valence-electron chi connectivity index (χ1n) is 8.56. The van der Waals surface area contributed by atoms with Gasteiger partial charge in [-0.1, -0.05) is 23.7 Å². The van der Waals surface area contributed by atoms with Crippen molar-refractivity contribution in [1.82, 2.24) is 9.29 Å². The van der Waals surface area contributed by atoms with Crippen molar-refractivity contribution in [2.45, 2.75) is 11.8 Å². The Bertz CT molecular complexity index is 1070. The van der Waals surface area contributed by atoms with E-state index in [9.17, 15) is 8.42 Å². The maximum absolute atomic E-state index is 13.2. The Labute approximate surface area is 158 Å². The number of aryl methyl sites for hydroxylation is 1. The summed E-state index contributed by atoms with van der Waals surface area (Å²) in [6, 6.07) is 12.2. The van der Waals surface area contributed by atoms with E-state index in [0.29, 0.717) is 10.5 Å². The number of hydrogen-bond acceptors (Lipinski definition) is 4. The van der Waals surface area contributed by atoms with E-state index >= 15 is 0 Å². The Hall–Kier alpha value is -2.02. The van der Waals surface area contributed by atoms with Gasteiger partial charge in [-0.3, -0.25) is 0 Å². The van der Waals surface area contributed by atoms with Gasteiger partial charge in [-0.15, -0.1) is 0 Å². The van der Waals surface area contributed by atoms with Crippen LogP contribution in [0.2, 0.25) is 5.02 Å². The average Bonchev–Trinajstić information content (AvgIpc) is 3.00. The molecule has 0 radical (unpaired) electrons. The molecule has 0 aliphatic carbocycles. The number of hydrogen-bond donors (Lipinski definition) is 1. The molecule has 2 aromatic carbocycles. The summed E-state index contributed by atoms with van der Waals surface area (Å²) in [4.78, 5) is 2.50. The van der Waals surface area contributed by atoms with E-state index in [0.717, 1.165) is 42.8 Å². The maximum Gasteiger partial charge on any atom is 0.268 e. The maximum atomic E-state index is 13.2. The second-order valence-electron chi connectivity index (χ2n) is 6.48. The van der Waals surface area contributed by atoms with Crippen molar-refractivity contribution in [3.05, 3.63) is 59.2 Å². The van der Waals surface area contributed by atoms with Crippen molar-refractivity contribution in [3.63, 3.8) is 0 Å². The average molecular weight is 390 g/mol. The molecular weight excluding hydrogens is 370 g/mol. The molecule has 0 saturated carbocycles. The lowest BCUT2D eigenvalue weighted by Crippen LogP contribution is -2.43. The number of benzene rings is 2. The summed E-state index contributed by atoms with van der Waals surface area (Å²) in [7, 11) is -3.71. The standard InChI is InChI=1S/C19H20ClN3O2S/c1-14-13-23(26(24,25)16-5-2-4-15(20)12-16)18-7-3-6-17(19(14)18)22-10-8-21-9-11-22/h2-7,12-13,21H,8-11H2,1H3. The molecule has 2 heterocycles. The third kappa shape index (κ3) is 2.88. The van der Waals surface area contributed by atoms with Crippen molar-refractivity contribution in [1.29, 1.82) is 0 Å². The van der Waals surface area contributed by atoms with Crippen LogP contribution in [0.1, 0.15) is 5.56 Å². The summed E-state index contributed by atoms with van der Waals surface area (Å²) < 4.78 is 27.7. The minimum Gasteiger partial charge on any atom is -0.368 e. The molecule has 1 aromatic heterocycles. The molecule has 26 heavy (non-hydrogen) atoms. The third-order valence-corrected chi connectivity index (χ3v) is 6.68. The number of anilines is 1. The highest BCUT2D eigenvalue weighted by molar-refractivity contribution is 7.90. The van der Waals surface area contributed by atoms with Gasteiger partial charge in [0.15, 0.2) is 0 Å². The van der Waals surface area contributed by atoms with Crippen LogP contribution in [0.15, 0.2) is 53.6 Å². The number of nitrogens with zero attached hydrogens (tertiary/aromatic N) is 2. The largest absolute Gasteiger partial charge is 0.368 e. The van der Waals surface area contributed by atoms with Gasteiger partial charge < -0.3 is 10.2 Å². The van der Waals surface area contributed by atoms with Gasteiger partial charge in [-0.2, -0.15) is 0 Å². The molecule has 1 aliphatic heterocycles. The molecule has 0 spiro atoms. The summed E-state index contributed by atoms with van der Waals surface area (Å²) in [6.45, 7) is 5.63. The Balaban J connectivity index is 1.90. The zero-order valence-electron chi connectivity index (χ0n) is 14.4. The van der Waals surface area contributed by atoms with Crippen molar-refractivity contribution >= 4 is 38.2 Å². The van der Waals surface area contributed by atoms with E-state index < -0.39 is 10.0 Å². The van der Waals surface area contributed by atoms with Gasteiger partial charge in [0.05, 0.1) is 10.4 Å². The van der Waals surface area contributed by atoms with Gasteiger partial charge in [0.1, 0.15) is 0 Å². The van der Waals surface area contributed by atoms with Crippen LogP contribution in [0.25, 0.3) is 10.9 Å². The van der Waals surface area contributed by atoms with E-state index in [1.807, 2.05) is 19.1 Å². The second kappa shape index (κ2) is 6.61. The number of halogens is 1. The van der Waals surface area contributed by atoms with Gasteiger partial charge >= 0.3 is 0 Å². The van der Waals surface area contributed by atoms with Crippen molar-refractivity contribution in [2.24, 2.45) is 0 Å². The normalized spacial score (nSPS) is 15.5. The Kier molecular flexibility index (Phi) is 4.42.